The largest absolute Gasteiger partial charge is 0.376 e. The van der Waals surface area contributed by atoms with Crippen molar-refractivity contribution < 1.29 is 17.9 Å². The third-order valence-electron chi connectivity index (χ3n) is 3.50. The normalized spacial score (nSPS) is 23.0. The third kappa shape index (κ3) is 3.00. The van der Waals surface area contributed by atoms with Crippen LogP contribution in [0.2, 0.25) is 0 Å². The van der Waals surface area contributed by atoms with E-state index in [1.165, 1.54) is 6.07 Å². The fourth-order valence-electron chi connectivity index (χ4n) is 2.37. The number of aryl methyl sites for hydroxylation is 1. The lowest BCUT2D eigenvalue weighted by atomic mass is 10.1. The lowest BCUT2D eigenvalue weighted by molar-refractivity contribution is 0.0578. The van der Waals surface area contributed by atoms with Crippen molar-refractivity contribution in [3.8, 4) is 0 Å². The minimum absolute atomic E-state index is 0.0108. The highest BCUT2D eigenvalue weighted by Crippen LogP contribution is 2.30. The van der Waals surface area contributed by atoms with Gasteiger partial charge in [0.25, 0.3) is 15.0 Å². The molecular formula is C12H16ClNO4S2. The summed E-state index contributed by atoms with van der Waals surface area (Å²) in [6, 6.07) is 1.36. The predicted octanol–water partition coefficient (Wildman–Crippen LogP) is 2.23. The van der Waals surface area contributed by atoms with Crippen molar-refractivity contribution >= 4 is 37.0 Å². The molecule has 1 amide bonds. The van der Waals surface area contributed by atoms with Crippen LogP contribution in [0.5, 0.6) is 0 Å². The van der Waals surface area contributed by atoms with E-state index in [0.29, 0.717) is 16.4 Å². The fourth-order valence-corrected chi connectivity index (χ4v) is 5.01. The summed E-state index contributed by atoms with van der Waals surface area (Å²) >= 11 is 1.14. The summed E-state index contributed by atoms with van der Waals surface area (Å²) in [4.78, 5) is 14.9. The Labute approximate surface area is 126 Å². The van der Waals surface area contributed by atoms with Gasteiger partial charge >= 0.3 is 0 Å². The highest BCUT2D eigenvalue weighted by molar-refractivity contribution is 8.13. The molecule has 0 bridgehead atoms. The molecule has 2 rings (SSSR count). The highest BCUT2D eigenvalue weighted by atomic mass is 35.7. The number of amides is 1. The molecule has 0 aliphatic carbocycles. The first-order chi connectivity index (χ1) is 9.21. The summed E-state index contributed by atoms with van der Waals surface area (Å²) in [6.07, 6.45) is 0.773. The molecule has 1 aliphatic rings. The summed E-state index contributed by atoms with van der Waals surface area (Å²) in [7, 11) is 3.24. The van der Waals surface area contributed by atoms with Gasteiger partial charge in [0, 0.05) is 29.2 Å². The molecule has 1 saturated heterocycles. The maximum absolute atomic E-state index is 12.4. The molecule has 0 spiro atoms. The van der Waals surface area contributed by atoms with Crippen molar-refractivity contribution in [2.24, 2.45) is 0 Å². The average molecular weight is 338 g/mol. The molecular weight excluding hydrogens is 322 g/mol. The molecule has 0 radical (unpaired) electrons. The molecule has 0 N–H and O–H groups in total. The van der Waals surface area contributed by atoms with Gasteiger partial charge in [-0.1, -0.05) is 0 Å². The Morgan fingerprint density at radius 2 is 2.20 bits per heavy atom. The van der Waals surface area contributed by atoms with Gasteiger partial charge < -0.3 is 9.64 Å². The van der Waals surface area contributed by atoms with Gasteiger partial charge in [-0.2, -0.15) is 0 Å². The molecule has 2 atom stereocenters. The predicted molar refractivity (Wildman–Crippen MR) is 78.0 cm³/mol. The van der Waals surface area contributed by atoms with Crippen molar-refractivity contribution in [3.63, 3.8) is 0 Å². The van der Waals surface area contributed by atoms with Gasteiger partial charge in [0.1, 0.15) is 0 Å². The second-order valence-corrected chi connectivity index (χ2v) is 8.61. The lowest BCUT2D eigenvalue weighted by Gasteiger charge is -2.26. The van der Waals surface area contributed by atoms with Crippen LogP contribution < -0.4 is 0 Å². The van der Waals surface area contributed by atoms with Gasteiger partial charge in [0.2, 0.25) is 0 Å². The van der Waals surface area contributed by atoms with E-state index in [2.05, 4.69) is 0 Å². The van der Waals surface area contributed by atoms with Crippen LogP contribution in [0.15, 0.2) is 11.0 Å². The number of halogens is 1. The van der Waals surface area contributed by atoms with Gasteiger partial charge in [0.15, 0.2) is 0 Å². The summed E-state index contributed by atoms with van der Waals surface area (Å²) in [6.45, 7) is 4.20. The SMILES string of the molecule is Cc1sc(C(=O)N(C)C2CCOC2C)cc1S(=O)(=O)Cl. The Kier molecular flexibility index (Phi) is 4.44. The van der Waals surface area contributed by atoms with Gasteiger partial charge in [-0.25, -0.2) is 8.42 Å². The van der Waals surface area contributed by atoms with Crippen molar-refractivity contribution in [2.75, 3.05) is 13.7 Å². The Hall–Kier alpha value is -0.630. The molecule has 1 fully saturated rings. The van der Waals surface area contributed by atoms with E-state index in [0.717, 1.165) is 17.8 Å². The molecule has 2 heterocycles. The molecule has 112 valence electrons. The second-order valence-electron chi connectivity index (χ2n) is 4.82. The molecule has 5 nitrogen and oxygen atoms in total. The van der Waals surface area contributed by atoms with Gasteiger partial charge in [0.05, 0.1) is 21.9 Å². The summed E-state index contributed by atoms with van der Waals surface area (Å²) in [5.74, 6) is -0.202. The number of hydrogen-bond acceptors (Lipinski definition) is 5. The lowest BCUT2D eigenvalue weighted by Crippen LogP contribution is -2.40. The van der Waals surface area contributed by atoms with E-state index < -0.39 is 9.05 Å². The van der Waals surface area contributed by atoms with Gasteiger partial charge in [-0.15, -0.1) is 11.3 Å². The average Bonchev–Trinajstić information content (AvgIpc) is 2.92. The Balaban J connectivity index is 2.26. The van der Waals surface area contributed by atoms with E-state index in [4.69, 9.17) is 15.4 Å². The van der Waals surface area contributed by atoms with E-state index in [1.54, 1.807) is 18.9 Å². The van der Waals surface area contributed by atoms with Crippen LogP contribution in [0.1, 0.15) is 27.9 Å². The molecule has 2 unspecified atom stereocenters. The zero-order valence-electron chi connectivity index (χ0n) is 11.4. The van der Waals surface area contributed by atoms with E-state index >= 15 is 0 Å². The smallest absolute Gasteiger partial charge is 0.264 e. The molecule has 0 aromatic carbocycles. The van der Waals surface area contributed by atoms with Crippen molar-refractivity contribution in [1.29, 1.82) is 0 Å². The topological polar surface area (TPSA) is 63.7 Å². The first-order valence-corrected chi connectivity index (χ1v) is 9.28. The van der Waals surface area contributed by atoms with Crippen molar-refractivity contribution in [2.45, 2.75) is 37.3 Å². The number of likely N-dealkylation sites (N-methyl/N-ethyl adjacent to an activating group) is 1. The standard InChI is InChI=1S/C12H16ClNO4S2/c1-7-9(4-5-18-7)14(3)12(15)10-6-11(8(2)19-10)20(13,16)17/h6-7,9H,4-5H2,1-3H3. The number of carbonyl (C=O) groups excluding carboxylic acids is 1. The van der Waals surface area contributed by atoms with E-state index in [-0.39, 0.29) is 22.9 Å². The second kappa shape index (κ2) is 5.63. The Morgan fingerprint density at radius 3 is 2.65 bits per heavy atom. The fraction of sp³-hybridized carbons (Fsp3) is 0.583. The van der Waals surface area contributed by atoms with Gasteiger partial charge in [-0.05, 0) is 26.3 Å². The number of hydrogen-bond donors (Lipinski definition) is 0. The van der Waals surface area contributed by atoms with Crippen LogP contribution in [-0.2, 0) is 13.8 Å². The summed E-state index contributed by atoms with van der Waals surface area (Å²) < 4.78 is 28.2. The zero-order chi connectivity index (χ0) is 15.1. The van der Waals surface area contributed by atoms with Crippen molar-refractivity contribution in [3.05, 3.63) is 15.8 Å². The van der Waals surface area contributed by atoms with Crippen LogP contribution in [0.25, 0.3) is 0 Å². The Bertz CT molecular complexity index is 625. The van der Waals surface area contributed by atoms with Crippen LogP contribution >= 0.6 is 22.0 Å². The molecule has 1 aromatic heterocycles. The zero-order valence-corrected chi connectivity index (χ0v) is 13.8. The van der Waals surface area contributed by atoms with Crippen LogP contribution in [0.3, 0.4) is 0 Å². The van der Waals surface area contributed by atoms with Crippen LogP contribution in [0, 0.1) is 6.92 Å². The number of rotatable bonds is 3. The Morgan fingerprint density at radius 1 is 1.55 bits per heavy atom. The molecule has 1 aliphatic heterocycles. The minimum Gasteiger partial charge on any atom is -0.376 e. The summed E-state index contributed by atoms with van der Waals surface area (Å²) in [5.41, 5.74) is 0. The first-order valence-electron chi connectivity index (χ1n) is 6.15. The summed E-state index contributed by atoms with van der Waals surface area (Å²) in [5, 5.41) is 0. The number of thiophene rings is 1. The molecule has 20 heavy (non-hydrogen) atoms. The first kappa shape index (κ1) is 15.8. The minimum atomic E-state index is -3.81. The number of nitrogens with zero attached hydrogens (tertiary/aromatic N) is 1. The monoisotopic (exact) mass is 337 g/mol. The molecule has 1 aromatic rings. The number of carbonyl (C=O) groups is 1. The van der Waals surface area contributed by atoms with Gasteiger partial charge in [-0.3, -0.25) is 4.79 Å². The highest BCUT2D eigenvalue weighted by Gasteiger charge is 2.32. The third-order valence-corrected chi connectivity index (χ3v) is 6.12. The van der Waals surface area contributed by atoms with Crippen LogP contribution in [-0.4, -0.2) is 45.0 Å². The maximum Gasteiger partial charge on any atom is 0.264 e. The molecule has 0 saturated carbocycles. The van der Waals surface area contributed by atoms with E-state index in [9.17, 15) is 13.2 Å². The van der Waals surface area contributed by atoms with Crippen LogP contribution in [0.4, 0.5) is 0 Å². The quantitative estimate of drug-likeness (QED) is 0.793. The number of ether oxygens (including phenoxy) is 1. The molecule has 8 heteroatoms. The van der Waals surface area contributed by atoms with E-state index in [1.807, 2.05) is 6.92 Å². The maximum atomic E-state index is 12.4. The van der Waals surface area contributed by atoms with Crippen molar-refractivity contribution in [1.82, 2.24) is 4.90 Å².